The summed E-state index contributed by atoms with van der Waals surface area (Å²) in [5.74, 6) is 0.768. The summed E-state index contributed by atoms with van der Waals surface area (Å²) >= 11 is 1.65. The summed E-state index contributed by atoms with van der Waals surface area (Å²) in [6, 6.07) is 16.0. The number of anilines is 1. The molecule has 6 nitrogen and oxygen atoms in total. The van der Waals surface area contributed by atoms with Crippen molar-refractivity contribution in [2.24, 2.45) is 0 Å². The number of benzene rings is 1. The summed E-state index contributed by atoms with van der Waals surface area (Å²) in [4.78, 5) is 18.3. The number of amides is 2. The molecular formula is C23H27N3O3S. The fourth-order valence-corrected chi connectivity index (χ4v) is 4.26. The van der Waals surface area contributed by atoms with Crippen molar-refractivity contribution in [2.45, 2.75) is 26.1 Å². The van der Waals surface area contributed by atoms with Crippen molar-refractivity contribution in [1.29, 1.82) is 0 Å². The third-order valence-electron chi connectivity index (χ3n) is 5.25. The number of urea groups is 1. The molecule has 1 aromatic carbocycles. The van der Waals surface area contributed by atoms with E-state index in [2.05, 4.69) is 34.5 Å². The van der Waals surface area contributed by atoms with Gasteiger partial charge in [-0.2, -0.15) is 0 Å². The van der Waals surface area contributed by atoms with Gasteiger partial charge >= 0.3 is 6.03 Å². The Balaban J connectivity index is 1.40. The SMILES string of the molecule is CC(NC(=O)N(Cc1ccco1)Cc1cccs1)c1ccc(N2CCOCC2)cc1. The summed E-state index contributed by atoms with van der Waals surface area (Å²) in [6.07, 6.45) is 1.63. The molecule has 3 aromatic rings. The van der Waals surface area contributed by atoms with Crippen molar-refractivity contribution in [3.8, 4) is 0 Å². The standard InChI is InChI=1S/C23H27N3O3S/c1-18(19-6-8-20(9-7-19)25-10-13-28-14-11-25)24-23(27)26(16-21-4-2-12-29-21)17-22-5-3-15-30-22/h2-9,12,15,18H,10-11,13-14,16-17H2,1H3,(H,24,27). The molecule has 30 heavy (non-hydrogen) atoms. The minimum atomic E-state index is -0.107. The Morgan fingerprint density at radius 1 is 1.13 bits per heavy atom. The first-order valence-corrected chi connectivity index (χ1v) is 11.1. The number of rotatable bonds is 7. The van der Waals surface area contributed by atoms with E-state index in [4.69, 9.17) is 9.15 Å². The molecule has 0 spiro atoms. The van der Waals surface area contributed by atoms with E-state index in [1.165, 1.54) is 5.69 Å². The highest BCUT2D eigenvalue weighted by Crippen LogP contribution is 2.21. The van der Waals surface area contributed by atoms with Gasteiger partial charge in [-0.3, -0.25) is 0 Å². The number of ether oxygens (including phenoxy) is 1. The number of hydrogen-bond donors (Lipinski definition) is 1. The number of nitrogens with one attached hydrogen (secondary N) is 1. The van der Waals surface area contributed by atoms with Crippen molar-refractivity contribution >= 4 is 23.1 Å². The van der Waals surface area contributed by atoms with Crippen LogP contribution in [0.4, 0.5) is 10.5 Å². The molecule has 1 saturated heterocycles. The van der Waals surface area contributed by atoms with Gasteiger partial charge in [-0.05, 0) is 48.2 Å². The van der Waals surface area contributed by atoms with E-state index in [-0.39, 0.29) is 12.1 Å². The quantitative estimate of drug-likeness (QED) is 0.599. The number of nitrogens with zero attached hydrogens (tertiary/aromatic N) is 2. The van der Waals surface area contributed by atoms with Crippen LogP contribution in [0.2, 0.25) is 0 Å². The average molecular weight is 426 g/mol. The van der Waals surface area contributed by atoms with Crippen molar-refractivity contribution < 1.29 is 13.9 Å². The van der Waals surface area contributed by atoms with Gasteiger partial charge in [0.2, 0.25) is 0 Å². The normalized spacial score (nSPS) is 15.0. The van der Waals surface area contributed by atoms with E-state index >= 15 is 0 Å². The molecule has 2 amide bonds. The average Bonchev–Trinajstić information content (AvgIpc) is 3.48. The van der Waals surface area contributed by atoms with Gasteiger partial charge < -0.3 is 24.3 Å². The molecule has 1 unspecified atom stereocenters. The molecule has 2 aromatic heterocycles. The summed E-state index contributed by atoms with van der Waals surface area (Å²) in [5, 5.41) is 5.16. The highest BCUT2D eigenvalue weighted by Gasteiger charge is 2.19. The van der Waals surface area contributed by atoms with E-state index in [0.29, 0.717) is 13.1 Å². The third-order valence-corrected chi connectivity index (χ3v) is 6.11. The molecule has 1 aliphatic rings. The molecule has 0 saturated carbocycles. The van der Waals surface area contributed by atoms with Crippen LogP contribution < -0.4 is 10.2 Å². The molecule has 1 fully saturated rings. The Kier molecular flexibility index (Phi) is 6.71. The van der Waals surface area contributed by atoms with Gasteiger partial charge in [0.1, 0.15) is 5.76 Å². The highest BCUT2D eigenvalue weighted by molar-refractivity contribution is 7.09. The fourth-order valence-electron chi connectivity index (χ4n) is 3.54. The maximum Gasteiger partial charge on any atom is 0.318 e. The van der Waals surface area contributed by atoms with Crippen molar-refractivity contribution in [3.63, 3.8) is 0 Å². The van der Waals surface area contributed by atoms with E-state index in [1.807, 2.05) is 36.6 Å². The molecule has 7 heteroatoms. The highest BCUT2D eigenvalue weighted by atomic mass is 32.1. The lowest BCUT2D eigenvalue weighted by Crippen LogP contribution is -2.40. The zero-order valence-corrected chi connectivity index (χ0v) is 17.9. The smallest absolute Gasteiger partial charge is 0.318 e. The van der Waals surface area contributed by atoms with Crippen molar-refractivity contribution in [2.75, 3.05) is 31.2 Å². The Morgan fingerprint density at radius 2 is 1.93 bits per heavy atom. The number of carbonyl (C=O) groups excluding carboxylic acids is 1. The van der Waals surface area contributed by atoms with Crippen LogP contribution in [-0.4, -0.2) is 37.2 Å². The van der Waals surface area contributed by atoms with Gasteiger partial charge in [0, 0.05) is 23.7 Å². The molecular weight excluding hydrogens is 398 g/mol. The molecule has 0 bridgehead atoms. The minimum absolute atomic E-state index is 0.0984. The molecule has 1 atom stereocenters. The van der Waals surface area contributed by atoms with Crippen LogP contribution in [0.25, 0.3) is 0 Å². The number of carbonyl (C=O) groups is 1. The first-order chi connectivity index (χ1) is 14.7. The van der Waals surface area contributed by atoms with Gasteiger partial charge in [-0.1, -0.05) is 18.2 Å². The van der Waals surface area contributed by atoms with E-state index in [1.54, 1.807) is 22.5 Å². The van der Waals surface area contributed by atoms with Crippen LogP contribution >= 0.6 is 11.3 Å². The van der Waals surface area contributed by atoms with Gasteiger partial charge in [0.25, 0.3) is 0 Å². The molecule has 1 aliphatic heterocycles. The van der Waals surface area contributed by atoms with Gasteiger partial charge in [0.15, 0.2) is 0 Å². The van der Waals surface area contributed by atoms with Gasteiger partial charge in [-0.15, -0.1) is 11.3 Å². The minimum Gasteiger partial charge on any atom is -0.467 e. The Morgan fingerprint density at radius 3 is 2.60 bits per heavy atom. The van der Waals surface area contributed by atoms with E-state index < -0.39 is 0 Å². The second-order valence-corrected chi connectivity index (χ2v) is 8.41. The van der Waals surface area contributed by atoms with Gasteiger partial charge in [-0.25, -0.2) is 4.79 Å². The van der Waals surface area contributed by atoms with Crippen LogP contribution in [0.5, 0.6) is 0 Å². The second-order valence-electron chi connectivity index (χ2n) is 7.38. The summed E-state index contributed by atoms with van der Waals surface area (Å²) in [7, 11) is 0. The molecule has 3 heterocycles. The Labute approximate surface area is 181 Å². The maximum atomic E-state index is 13.0. The number of morpholine rings is 1. The topological polar surface area (TPSA) is 58.0 Å². The molecule has 0 radical (unpaired) electrons. The lowest BCUT2D eigenvalue weighted by Gasteiger charge is -2.29. The zero-order chi connectivity index (χ0) is 20.8. The number of furan rings is 1. The van der Waals surface area contributed by atoms with Crippen LogP contribution in [0.3, 0.4) is 0 Å². The molecule has 0 aliphatic carbocycles. The Hall–Kier alpha value is -2.77. The van der Waals surface area contributed by atoms with Crippen LogP contribution in [-0.2, 0) is 17.8 Å². The molecule has 158 valence electrons. The van der Waals surface area contributed by atoms with Crippen molar-refractivity contribution in [1.82, 2.24) is 10.2 Å². The molecule has 4 rings (SSSR count). The summed E-state index contributed by atoms with van der Waals surface area (Å²) in [6.45, 7) is 6.35. The first-order valence-electron chi connectivity index (χ1n) is 10.2. The third kappa shape index (κ3) is 5.23. The number of hydrogen-bond acceptors (Lipinski definition) is 5. The number of thiophene rings is 1. The Bertz CT molecular complexity index is 868. The predicted octanol–water partition coefficient (Wildman–Crippen LogP) is 4.65. The van der Waals surface area contributed by atoms with Gasteiger partial charge in [0.05, 0.1) is 38.6 Å². The van der Waals surface area contributed by atoms with E-state index in [0.717, 1.165) is 42.5 Å². The van der Waals surface area contributed by atoms with Crippen LogP contribution in [0, 0.1) is 0 Å². The zero-order valence-electron chi connectivity index (χ0n) is 17.1. The van der Waals surface area contributed by atoms with Crippen LogP contribution in [0.15, 0.2) is 64.6 Å². The van der Waals surface area contributed by atoms with Crippen molar-refractivity contribution in [3.05, 3.63) is 76.4 Å². The second kappa shape index (κ2) is 9.82. The fraction of sp³-hybridized carbons (Fsp3) is 0.348. The summed E-state index contributed by atoms with van der Waals surface area (Å²) in [5.41, 5.74) is 2.27. The molecule has 1 N–H and O–H groups in total. The monoisotopic (exact) mass is 425 g/mol. The largest absolute Gasteiger partial charge is 0.467 e. The lowest BCUT2D eigenvalue weighted by atomic mass is 10.1. The lowest BCUT2D eigenvalue weighted by molar-refractivity contribution is 0.122. The summed E-state index contributed by atoms with van der Waals surface area (Å²) < 4.78 is 10.9. The predicted molar refractivity (Wildman–Crippen MR) is 119 cm³/mol. The first kappa shape index (κ1) is 20.5. The maximum absolute atomic E-state index is 13.0. The van der Waals surface area contributed by atoms with Crippen LogP contribution in [0.1, 0.15) is 29.2 Å². The van der Waals surface area contributed by atoms with E-state index in [9.17, 15) is 4.79 Å².